The van der Waals surface area contributed by atoms with E-state index in [9.17, 15) is 14.4 Å². The van der Waals surface area contributed by atoms with Gasteiger partial charge < -0.3 is 18.9 Å². The number of carbonyl (C=O) groups excluding carboxylic acids is 3. The molecule has 0 unspecified atom stereocenters. The molecule has 10 heteroatoms. The molecule has 0 spiro atoms. The van der Waals surface area contributed by atoms with Gasteiger partial charge in [0.25, 0.3) is 11.8 Å². The number of benzene rings is 4. The third kappa shape index (κ3) is 6.56. The lowest BCUT2D eigenvalue weighted by molar-refractivity contribution is -0.167. The van der Waals surface area contributed by atoms with E-state index in [-0.39, 0.29) is 48.2 Å². The van der Waals surface area contributed by atoms with Crippen molar-refractivity contribution in [3.05, 3.63) is 118 Å². The third-order valence-electron chi connectivity index (χ3n) is 8.13. The molecule has 0 atom stereocenters. The molecule has 236 valence electrons. The number of imide groups is 1. The minimum atomic E-state index is -0.469. The van der Waals surface area contributed by atoms with Crippen LogP contribution in [0.4, 0.5) is 0 Å². The van der Waals surface area contributed by atoms with E-state index in [1.807, 2.05) is 48.5 Å². The van der Waals surface area contributed by atoms with Crippen molar-refractivity contribution in [3.63, 3.8) is 0 Å². The number of carbonyl (C=O) groups is 3. The van der Waals surface area contributed by atoms with Gasteiger partial charge in [-0.15, -0.1) is 5.06 Å². The average molecular weight is 642 g/mol. The molecule has 0 aromatic heterocycles. The first-order chi connectivity index (χ1) is 22.3. The van der Waals surface area contributed by atoms with Crippen LogP contribution in [0, 0.1) is 5.92 Å². The molecule has 0 bridgehead atoms. The maximum Gasteiger partial charge on any atom is 0.285 e. The fourth-order valence-electron chi connectivity index (χ4n) is 5.47. The number of amides is 2. The number of hydroxylamine groups is 2. The van der Waals surface area contributed by atoms with Crippen LogP contribution >= 0.6 is 11.6 Å². The zero-order valence-corrected chi connectivity index (χ0v) is 26.1. The summed E-state index contributed by atoms with van der Waals surface area (Å²) in [5, 5.41) is 1.00. The zero-order valence-electron chi connectivity index (χ0n) is 25.4. The summed E-state index contributed by atoms with van der Waals surface area (Å²) in [6.45, 7) is 0.447. The zero-order chi connectivity index (χ0) is 32.2. The SMILES string of the molecule is COc1ccc(COc2ccc(C(=O)CC3CC(ON4C(=O)c5ccccc5C4=O)C3)c(Cl)c2OCc2ccc(OC)cc2)cc1. The van der Waals surface area contributed by atoms with Crippen molar-refractivity contribution in [1.29, 1.82) is 0 Å². The van der Waals surface area contributed by atoms with Crippen molar-refractivity contribution in [2.75, 3.05) is 14.2 Å². The van der Waals surface area contributed by atoms with Crippen molar-refractivity contribution in [1.82, 2.24) is 5.06 Å². The van der Waals surface area contributed by atoms with E-state index in [1.165, 1.54) is 0 Å². The molecule has 0 saturated heterocycles. The topological polar surface area (TPSA) is 101 Å². The van der Waals surface area contributed by atoms with Crippen LogP contribution in [0.3, 0.4) is 0 Å². The van der Waals surface area contributed by atoms with Crippen LogP contribution in [0.1, 0.15) is 61.5 Å². The molecule has 9 nitrogen and oxygen atoms in total. The molecule has 2 aliphatic rings. The first-order valence-electron chi connectivity index (χ1n) is 14.9. The maximum absolute atomic E-state index is 13.5. The lowest BCUT2D eigenvalue weighted by Gasteiger charge is -2.35. The molecule has 1 heterocycles. The van der Waals surface area contributed by atoms with E-state index in [4.69, 9.17) is 35.4 Å². The van der Waals surface area contributed by atoms with Gasteiger partial charge in [0, 0.05) is 12.0 Å². The number of fused-ring (bicyclic) bond motifs is 1. The van der Waals surface area contributed by atoms with Crippen molar-refractivity contribution < 1.29 is 38.2 Å². The van der Waals surface area contributed by atoms with Gasteiger partial charge in [-0.25, -0.2) is 0 Å². The lowest BCUT2D eigenvalue weighted by atomic mass is 9.78. The Balaban J connectivity index is 1.11. The fourth-order valence-corrected chi connectivity index (χ4v) is 5.79. The number of ketones is 1. The number of hydrogen-bond donors (Lipinski definition) is 0. The van der Waals surface area contributed by atoms with E-state index in [1.54, 1.807) is 50.6 Å². The second kappa shape index (κ2) is 13.6. The second-order valence-corrected chi connectivity index (χ2v) is 11.5. The molecule has 2 amide bonds. The first-order valence-corrected chi connectivity index (χ1v) is 15.2. The van der Waals surface area contributed by atoms with Crippen LogP contribution in [0.5, 0.6) is 23.0 Å². The Morgan fingerprint density at radius 2 is 1.30 bits per heavy atom. The number of ether oxygens (including phenoxy) is 4. The number of nitrogens with zero attached hydrogens (tertiary/aromatic N) is 1. The molecule has 6 rings (SSSR count). The Labute approximate surface area is 271 Å². The van der Waals surface area contributed by atoms with Gasteiger partial charge in [0.1, 0.15) is 24.7 Å². The highest BCUT2D eigenvalue weighted by Crippen LogP contribution is 2.41. The maximum atomic E-state index is 13.5. The van der Waals surface area contributed by atoms with E-state index < -0.39 is 11.8 Å². The van der Waals surface area contributed by atoms with Gasteiger partial charge in [-0.1, -0.05) is 48.0 Å². The van der Waals surface area contributed by atoms with Gasteiger partial charge in [-0.2, -0.15) is 0 Å². The molecular weight excluding hydrogens is 610 g/mol. The molecule has 1 aliphatic carbocycles. The summed E-state index contributed by atoms with van der Waals surface area (Å²) in [4.78, 5) is 44.5. The number of halogens is 1. The van der Waals surface area contributed by atoms with Crippen molar-refractivity contribution in [2.24, 2.45) is 5.92 Å². The Kier molecular flexibility index (Phi) is 9.23. The fraction of sp³-hybridized carbons (Fsp3) is 0.250. The van der Waals surface area contributed by atoms with Crippen LogP contribution in [-0.2, 0) is 18.1 Å². The molecular formula is C36H32ClNO8. The third-order valence-corrected chi connectivity index (χ3v) is 8.51. The van der Waals surface area contributed by atoms with Crippen molar-refractivity contribution >= 4 is 29.2 Å². The normalized spacial score (nSPS) is 16.9. The minimum Gasteiger partial charge on any atom is -0.497 e. The predicted octanol–water partition coefficient (Wildman–Crippen LogP) is 7.09. The number of rotatable bonds is 13. The standard InChI is InChI=1S/C36H32ClNO8/c1-42-25-11-7-22(8-12-25)20-44-32-16-15-30(33(37)34(32)45-21-23-9-13-26(43-2)14-10-23)31(39)19-24-17-27(18-24)46-38-35(40)28-5-3-4-6-29(28)36(38)41/h3-16,24,27H,17-21H2,1-2H3. The molecule has 4 aromatic carbocycles. The Bertz CT molecular complexity index is 1710. The molecule has 0 radical (unpaired) electrons. The van der Waals surface area contributed by atoms with Gasteiger partial charge >= 0.3 is 0 Å². The first kappa shape index (κ1) is 31.1. The van der Waals surface area contributed by atoms with Gasteiger partial charge in [-0.05, 0) is 78.4 Å². The van der Waals surface area contributed by atoms with E-state index in [0.717, 1.165) is 27.7 Å². The Hall–Kier alpha value is -4.86. The van der Waals surface area contributed by atoms with Crippen LogP contribution in [-0.4, -0.2) is 43.0 Å². The summed E-state index contributed by atoms with van der Waals surface area (Å²) in [7, 11) is 3.21. The van der Waals surface area contributed by atoms with E-state index >= 15 is 0 Å². The molecule has 4 aromatic rings. The van der Waals surface area contributed by atoms with E-state index in [0.29, 0.717) is 35.3 Å². The van der Waals surface area contributed by atoms with Gasteiger partial charge in [0.2, 0.25) is 0 Å². The number of Topliss-reactive ketones (excluding diaryl/α,β-unsaturated/α-hetero) is 1. The predicted molar refractivity (Wildman–Crippen MR) is 170 cm³/mol. The van der Waals surface area contributed by atoms with Crippen molar-refractivity contribution in [2.45, 2.75) is 38.6 Å². The van der Waals surface area contributed by atoms with Crippen molar-refractivity contribution in [3.8, 4) is 23.0 Å². The number of hydrogen-bond acceptors (Lipinski definition) is 8. The molecule has 1 saturated carbocycles. The summed E-state index contributed by atoms with van der Waals surface area (Å²) in [5.74, 6) is 1.08. The van der Waals surface area contributed by atoms with Gasteiger partial charge in [0.05, 0.1) is 36.5 Å². The summed E-state index contributed by atoms with van der Waals surface area (Å²) >= 11 is 6.84. The highest BCUT2D eigenvalue weighted by atomic mass is 35.5. The highest BCUT2D eigenvalue weighted by Gasteiger charge is 2.41. The highest BCUT2D eigenvalue weighted by molar-refractivity contribution is 6.35. The monoisotopic (exact) mass is 641 g/mol. The molecule has 1 fully saturated rings. The van der Waals surface area contributed by atoms with Gasteiger partial charge in [0.15, 0.2) is 17.3 Å². The van der Waals surface area contributed by atoms with Gasteiger partial charge in [-0.3, -0.25) is 19.2 Å². The van der Waals surface area contributed by atoms with Crippen LogP contribution < -0.4 is 18.9 Å². The summed E-state index contributed by atoms with van der Waals surface area (Å²) in [6.07, 6.45) is 0.945. The summed E-state index contributed by atoms with van der Waals surface area (Å²) in [6, 6.07) is 24.9. The van der Waals surface area contributed by atoms with E-state index in [2.05, 4.69) is 0 Å². The van der Waals surface area contributed by atoms with Crippen LogP contribution in [0.15, 0.2) is 84.9 Å². The molecule has 0 N–H and O–H groups in total. The molecule has 46 heavy (non-hydrogen) atoms. The summed E-state index contributed by atoms with van der Waals surface area (Å²) in [5.41, 5.74) is 2.78. The molecule has 1 aliphatic heterocycles. The second-order valence-electron chi connectivity index (χ2n) is 11.2. The number of methoxy groups -OCH3 is 2. The van der Waals surface area contributed by atoms with Crippen LogP contribution in [0.2, 0.25) is 5.02 Å². The Morgan fingerprint density at radius 1 is 0.761 bits per heavy atom. The lowest BCUT2D eigenvalue weighted by Crippen LogP contribution is -2.41. The average Bonchev–Trinajstić information content (AvgIpc) is 3.31. The largest absolute Gasteiger partial charge is 0.497 e. The quantitative estimate of drug-likeness (QED) is 0.113. The Morgan fingerprint density at radius 3 is 1.85 bits per heavy atom. The van der Waals surface area contributed by atoms with Crippen LogP contribution in [0.25, 0.3) is 0 Å². The smallest absolute Gasteiger partial charge is 0.285 e. The summed E-state index contributed by atoms with van der Waals surface area (Å²) < 4.78 is 22.8. The minimum absolute atomic E-state index is 0.0124.